The Morgan fingerprint density at radius 1 is 1.29 bits per heavy atom. The normalized spacial score (nSPS) is 42.4. The smallest absolute Gasteiger partial charge is 0.177 e. The fraction of sp³-hybridized carbons (Fsp3) is 0.588. The molecular weight excluding hydrogens is 268 g/mol. The number of carbonyl (C=O) groups is 1. The standard InChI is InChI=1S/C17H18O4/c18-11-4-3-9-8-10-2-1-6-17-12(19)5-7-16(10,20)15(17)13(9)14(11)21-17/h3-4,10,15,18,20H,1-2,5-8H2/t10-,15?,16-,17?/m1/s1. The Labute approximate surface area is 122 Å². The average molecular weight is 286 g/mol. The molecule has 0 amide bonds. The van der Waals surface area contributed by atoms with Crippen LogP contribution in [-0.2, 0) is 11.2 Å². The molecule has 4 bridgehead atoms. The summed E-state index contributed by atoms with van der Waals surface area (Å²) in [6.07, 6.45) is 4.23. The maximum atomic E-state index is 12.7. The Hall–Kier alpha value is -1.55. The van der Waals surface area contributed by atoms with Crippen LogP contribution >= 0.6 is 0 Å². The Kier molecular flexibility index (Phi) is 1.97. The number of hydrogen-bond acceptors (Lipinski definition) is 4. The van der Waals surface area contributed by atoms with Gasteiger partial charge in [-0.25, -0.2) is 0 Å². The second-order valence-electron chi connectivity index (χ2n) is 7.12. The van der Waals surface area contributed by atoms with E-state index in [2.05, 4.69) is 0 Å². The Morgan fingerprint density at radius 3 is 3.00 bits per heavy atom. The van der Waals surface area contributed by atoms with Crippen molar-refractivity contribution in [1.82, 2.24) is 0 Å². The van der Waals surface area contributed by atoms with Gasteiger partial charge in [0.15, 0.2) is 22.9 Å². The molecule has 110 valence electrons. The minimum atomic E-state index is -0.932. The third-order valence-corrected chi connectivity index (χ3v) is 6.30. The summed E-state index contributed by atoms with van der Waals surface area (Å²) >= 11 is 0. The van der Waals surface area contributed by atoms with Crippen LogP contribution in [0, 0.1) is 5.92 Å². The molecule has 1 aliphatic heterocycles. The number of aliphatic hydroxyl groups is 1. The number of rotatable bonds is 0. The minimum Gasteiger partial charge on any atom is -0.504 e. The zero-order valence-electron chi connectivity index (χ0n) is 11.8. The fourth-order valence-electron chi connectivity index (χ4n) is 5.43. The van der Waals surface area contributed by atoms with E-state index in [4.69, 9.17) is 4.74 Å². The molecule has 2 N–H and O–H groups in total. The summed E-state index contributed by atoms with van der Waals surface area (Å²) in [4.78, 5) is 12.7. The summed E-state index contributed by atoms with van der Waals surface area (Å²) in [6, 6.07) is 3.59. The third-order valence-electron chi connectivity index (χ3n) is 6.30. The van der Waals surface area contributed by atoms with E-state index in [-0.39, 0.29) is 23.4 Å². The highest BCUT2D eigenvalue weighted by molar-refractivity contribution is 5.92. The molecule has 0 saturated heterocycles. The summed E-state index contributed by atoms with van der Waals surface area (Å²) in [5, 5.41) is 21.6. The molecule has 4 aliphatic rings. The molecule has 1 heterocycles. The molecular formula is C17H18O4. The summed E-state index contributed by atoms with van der Waals surface area (Å²) in [5.41, 5.74) is 0.263. The molecule has 2 saturated carbocycles. The lowest BCUT2D eigenvalue weighted by atomic mass is 9.56. The van der Waals surface area contributed by atoms with Crippen molar-refractivity contribution in [1.29, 1.82) is 0 Å². The van der Waals surface area contributed by atoms with Crippen LogP contribution in [0.5, 0.6) is 11.5 Å². The van der Waals surface area contributed by atoms with Crippen molar-refractivity contribution in [3.63, 3.8) is 0 Å². The van der Waals surface area contributed by atoms with E-state index in [0.29, 0.717) is 25.0 Å². The summed E-state index contributed by atoms with van der Waals surface area (Å²) < 4.78 is 6.11. The van der Waals surface area contributed by atoms with Crippen LogP contribution in [0.3, 0.4) is 0 Å². The highest BCUT2D eigenvalue weighted by atomic mass is 16.5. The minimum absolute atomic E-state index is 0.0942. The first-order valence-corrected chi connectivity index (χ1v) is 7.86. The average Bonchev–Trinajstić information content (AvgIpc) is 2.83. The Bertz CT molecular complexity index is 682. The van der Waals surface area contributed by atoms with Gasteiger partial charge in [-0.1, -0.05) is 6.07 Å². The number of aromatic hydroxyl groups is 1. The maximum Gasteiger partial charge on any atom is 0.177 e. The van der Waals surface area contributed by atoms with E-state index in [0.717, 1.165) is 30.4 Å². The van der Waals surface area contributed by atoms with Gasteiger partial charge in [-0.3, -0.25) is 4.79 Å². The first-order valence-electron chi connectivity index (χ1n) is 7.86. The first-order chi connectivity index (χ1) is 10.1. The lowest BCUT2D eigenvalue weighted by Gasteiger charge is -2.50. The van der Waals surface area contributed by atoms with Crippen molar-refractivity contribution in [3.8, 4) is 11.5 Å². The van der Waals surface area contributed by atoms with Gasteiger partial charge in [-0.2, -0.15) is 0 Å². The summed E-state index contributed by atoms with van der Waals surface area (Å²) in [5.74, 6) is 0.554. The van der Waals surface area contributed by atoms with E-state index < -0.39 is 11.2 Å². The highest BCUT2D eigenvalue weighted by Crippen LogP contribution is 2.65. The number of ether oxygens (including phenoxy) is 1. The van der Waals surface area contributed by atoms with Crippen molar-refractivity contribution in [2.75, 3.05) is 0 Å². The molecule has 4 heteroatoms. The van der Waals surface area contributed by atoms with Crippen molar-refractivity contribution in [2.24, 2.45) is 5.92 Å². The van der Waals surface area contributed by atoms with Crippen LogP contribution in [0.15, 0.2) is 12.1 Å². The molecule has 4 atom stereocenters. The summed E-state index contributed by atoms with van der Waals surface area (Å²) in [7, 11) is 0. The van der Waals surface area contributed by atoms with Gasteiger partial charge in [-0.05, 0) is 49.7 Å². The second kappa shape index (κ2) is 3.43. The van der Waals surface area contributed by atoms with Crippen LogP contribution in [-0.4, -0.2) is 27.2 Å². The number of benzene rings is 1. The van der Waals surface area contributed by atoms with Gasteiger partial charge in [0.2, 0.25) is 0 Å². The SMILES string of the molecule is O=C1CC[C@]2(O)C3c4c5ccc(O)c4OC13CCC[C@@H]2C5. The quantitative estimate of drug-likeness (QED) is 0.766. The van der Waals surface area contributed by atoms with E-state index in [1.54, 1.807) is 6.07 Å². The van der Waals surface area contributed by atoms with Gasteiger partial charge in [0, 0.05) is 12.0 Å². The number of phenols is 1. The van der Waals surface area contributed by atoms with Gasteiger partial charge < -0.3 is 14.9 Å². The van der Waals surface area contributed by atoms with Gasteiger partial charge in [-0.15, -0.1) is 0 Å². The van der Waals surface area contributed by atoms with E-state index in [9.17, 15) is 15.0 Å². The first kappa shape index (κ1) is 12.0. The molecule has 4 nitrogen and oxygen atoms in total. The zero-order chi connectivity index (χ0) is 14.4. The van der Waals surface area contributed by atoms with Gasteiger partial charge in [0.05, 0.1) is 11.5 Å². The van der Waals surface area contributed by atoms with Crippen LogP contribution in [0.2, 0.25) is 0 Å². The molecule has 0 spiro atoms. The summed E-state index contributed by atoms with van der Waals surface area (Å²) in [6.45, 7) is 0. The molecule has 2 fully saturated rings. The number of Topliss-reactive ketones (excluding diaryl/α,β-unsaturated/α-hetero) is 1. The van der Waals surface area contributed by atoms with Gasteiger partial charge >= 0.3 is 0 Å². The van der Waals surface area contributed by atoms with E-state index >= 15 is 0 Å². The van der Waals surface area contributed by atoms with Crippen LogP contribution in [0.25, 0.3) is 0 Å². The Morgan fingerprint density at radius 2 is 2.14 bits per heavy atom. The monoisotopic (exact) mass is 286 g/mol. The zero-order valence-corrected chi connectivity index (χ0v) is 11.8. The van der Waals surface area contributed by atoms with Crippen molar-refractivity contribution < 1.29 is 19.7 Å². The van der Waals surface area contributed by atoms with Crippen molar-refractivity contribution >= 4 is 5.78 Å². The molecule has 2 unspecified atom stereocenters. The van der Waals surface area contributed by atoms with Gasteiger partial charge in [0.25, 0.3) is 0 Å². The molecule has 1 aromatic carbocycles. The lowest BCUT2D eigenvalue weighted by Crippen LogP contribution is -2.61. The topological polar surface area (TPSA) is 66.8 Å². The van der Waals surface area contributed by atoms with Crippen molar-refractivity contribution in [2.45, 2.75) is 55.6 Å². The molecule has 0 aromatic heterocycles. The van der Waals surface area contributed by atoms with Crippen LogP contribution < -0.4 is 4.74 Å². The molecule has 3 aliphatic carbocycles. The predicted octanol–water partition coefficient (Wildman–Crippen LogP) is 2.06. The predicted molar refractivity (Wildman–Crippen MR) is 74.4 cm³/mol. The van der Waals surface area contributed by atoms with Crippen LogP contribution in [0.1, 0.15) is 49.1 Å². The van der Waals surface area contributed by atoms with E-state index in [1.807, 2.05) is 6.07 Å². The molecule has 21 heavy (non-hydrogen) atoms. The fourth-order valence-corrected chi connectivity index (χ4v) is 5.43. The number of carbonyl (C=O) groups excluding carboxylic acids is 1. The van der Waals surface area contributed by atoms with E-state index in [1.165, 1.54) is 0 Å². The number of hydrogen-bond donors (Lipinski definition) is 2. The third kappa shape index (κ3) is 1.17. The highest BCUT2D eigenvalue weighted by Gasteiger charge is 2.69. The number of phenolic OH excluding ortho intramolecular Hbond substituents is 1. The lowest BCUT2D eigenvalue weighted by molar-refractivity contribution is -0.158. The molecule has 1 aromatic rings. The molecule has 5 rings (SSSR count). The number of ketones is 1. The van der Waals surface area contributed by atoms with Gasteiger partial charge in [0.1, 0.15) is 0 Å². The molecule has 0 radical (unpaired) electrons. The maximum absolute atomic E-state index is 12.7. The second-order valence-corrected chi connectivity index (χ2v) is 7.12. The van der Waals surface area contributed by atoms with Crippen molar-refractivity contribution in [3.05, 3.63) is 23.3 Å². The largest absolute Gasteiger partial charge is 0.504 e. The van der Waals surface area contributed by atoms with Crippen LogP contribution in [0.4, 0.5) is 0 Å². The Balaban J connectivity index is 1.88.